The third-order valence-electron chi connectivity index (χ3n) is 3.22. The number of nitrogens with zero attached hydrogens (tertiary/aromatic N) is 1. The van der Waals surface area contributed by atoms with Crippen molar-refractivity contribution in [1.29, 1.82) is 0 Å². The monoisotopic (exact) mass is 268 g/mol. The van der Waals surface area contributed by atoms with E-state index in [9.17, 15) is 4.79 Å². The number of benzene rings is 1. The van der Waals surface area contributed by atoms with Gasteiger partial charge in [0.2, 0.25) is 5.91 Å². The van der Waals surface area contributed by atoms with E-state index < -0.39 is 0 Å². The van der Waals surface area contributed by atoms with Gasteiger partial charge in [0, 0.05) is 30.1 Å². The smallest absolute Gasteiger partial charge is 0.224 e. The third-order valence-corrected chi connectivity index (χ3v) is 3.45. The molecule has 5 heteroatoms. The molecule has 2 N–H and O–H groups in total. The number of carbonyl (C=O) groups is 1. The second-order valence-corrected chi connectivity index (χ2v) is 4.87. The molecular weight excluding hydrogens is 252 g/mol. The number of hydrogen-bond donors (Lipinski definition) is 1. The number of carbonyl (C=O) groups excluding carboxylic acids is 1. The van der Waals surface area contributed by atoms with Crippen molar-refractivity contribution >= 4 is 17.5 Å². The molecule has 98 valence electrons. The highest BCUT2D eigenvalue weighted by Crippen LogP contribution is 2.37. The van der Waals surface area contributed by atoms with E-state index in [0.29, 0.717) is 18.1 Å². The van der Waals surface area contributed by atoms with Crippen LogP contribution in [0.3, 0.4) is 0 Å². The summed E-state index contributed by atoms with van der Waals surface area (Å²) in [5, 5.41) is 0.619. The molecule has 1 aliphatic heterocycles. The van der Waals surface area contributed by atoms with Crippen molar-refractivity contribution in [3.05, 3.63) is 28.8 Å². The molecule has 1 aromatic rings. The van der Waals surface area contributed by atoms with Crippen LogP contribution in [0.4, 0.5) is 0 Å². The molecule has 0 bridgehead atoms. The van der Waals surface area contributed by atoms with Gasteiger partial charge in [0.05, 0.1) is 12.6 Å². The Morgan fingerprint density at radius 2 is 2.28 bits per heavy atom. The van der Waals surface area contributed by atoms with Crippen molar-refractivity contribution in [1.82, 2.24) is 4.90 Å². The van der Waals surface area contributed by atoms with Crippen molar-refractivity contribution < 1.29 is 9.53 Å². The van der Waals surface area contributed by atoms with Crippen molar-refractivity contribution in [2.45, 2.75) is 25.4 Å². The largest absolute Gasteiger partial charge is 0.494 e. The molecule has 1 heterocycles. The lowest BCUT2D eigenvalue weighted by atomic mass is 10.00. The molecule has 1 aliphatic rings. The lowest BCUT2D eigenvalue weighted by Crippen LogP contribution is -2.30. The molecule has 2 rings (SSSR count). The van der Waals surface area contributed by atoms with Crippen molar-refractivity contribution in [3.63, 3.8) is 0 Å². The van der Waals surface area contributed by atoms with E-state index >= 15 is 0 Å². The summed E-state index contributed by atoms with van der Waals surface area (Å²) in [6.45, 7) is 2.48. The van der Waals surface area contributed by atoms with E-state index in [1.54, 1.807) is 18.0 Å². The van der Waals surface area contributed by atoms with Gasteiger partial charge in [-0.2, -0.15) is 0 Å². The maximum atomic E-state index is 11.7. The Labute approximate surface area is 112 Å². The molecule has 0 saturated carbocycles. The van der Waals surface area contributed by atoms with Crippen LogP contribution in [0.1, 0.15) is 24.9 Å². The van der Waals surface area contributed by atoms with Gasteiger partial charge in [-0.3, -0.25) is 4.79 Å². The van der Waals surface area contributed by atoms with Gasteiger partial charge in [0.25, 0.3) is 0 Å². The fraction of sp³-hybridized carbons (Fsp3) is 0.462. The summed E-state index contributed by atoms with van der Waals surface area (Å²) in [6.07, 6.45) is 0.360. The molecule has 4 nitrogen and oxygen atoms in total. The van der Waals surface area contributed by atoms with Crippen LogP contribution in [0.2, 0.25) is 5.02 Å². The minimum Gasteiger partial charge on any atom is -0.494 e. The maximum absolute atomic E-state index is 11.7. The average molecular weight is 269 g/mol. The summed E-state index contributed by atoms with van der Waals surface area (Å²) in [4.78, 5) is 13.4. The standard InChI is InChI=1S/C13H17ClN2O2/c1-3-18-11-5-4-8(14)6-9(11)13-10(15)7-12(17)16(13)2/h4-6,10,13H,3,7,15H2,1-2H3. The number of halogens is 1. The zero-order valence-electron chi connectivity index (χ0n) is 10.5. The fourth-order valence-electron chi connectivity index (χ4n) is 2.38. The van der Waals surface area contributed by atoms with E-state index in [2.05, 4.69) is 0 Å². The molecule has 0 aliphatic carbocycles. The van der Waals surface area contributed by atoms with Crippen LogP contribution in [0, 0.1) is 0 Å². The van der Waals surface area contributed by atoms with Crippen LogP contribution in [0.25, 0.3) is 0 Å². The molecule has 0 spiro atoms. The number of hydrogen-bond acceptors (Lipinski definition) is 3. The molecule has 18 heavy (non-hydrogen) atoms. The Kier molecular flexibility index (Phi) is 3.78. The molecule has 1 aromatic carbocycles. The first-order valence-electron chi connectivity index (χ1n) is 5.98. The maximum Gasteiger partial charge on any atom is 0.224 e. The molecule has 1 saturated heterocycles. The van der Waals surface area contributed by atoms with Crippen LogP contribution in [0.15, 0.2) is 18.2 Å². The zero-order chi connectivity index (χ0) is 13.3. The number of ether oxygens (including phenoxy) is 1. The van der Waals surface area contributed by atoms with Crippen LogP contribution in [0.5, 0.6) is 5.75 Å². The second-order valence-electron chi connectivity index (χ2n) is 4.43. The summed E-state index contributed by atoms with van der Waals surface area (Å²) < 4.78 is 5.58. The highest BCUT2D eigenvalue weighted by atomic mass is 35.5. The number of nitrogens with two attached hydrogens (primary N) is 1. The van der Waals surface area contributed by atoms with Crippen LogP contribution in [-0.4, -0.2) is 30.5 Å². The normalized spacial score (nSPS) is 23.6. The minimum atomic E-state index is -0.222. The molecule has 2 atom stereocenters. The Bertz CT molecular complexity index is 464. The molecule has 1 fully saturated rings. The SMILES string of the molecule is CCOc1ccc(Cl)cc1C1C(N)CC(=O)N1C. The number of likely N-dealkylation sites (tertiary alicyclic amines) is 1. The number of rotatable bonds is 3. The van der Waals surface area contributed by atoms with Gasteiger partial charge >= 0.3 is 0 Å². The van der Waals surface area contributed by atoms with E-state index in [-0.39, 0.29) is 18.0 Å². The van der Waals surface area contributed by atoms with Gasteiger partial charge in [-0.25, -0.2) is 0 Å². The first-order valence-corrected chi connectivity index (χ1v) is 6.36. The molecular formula is C13H17ClN2O2. The lowest BCUT2D eigenvalue weighted by molar-refractivity contribution is -0.127. The van der Waals surface area contributed by atoms with Gasteiger partial charge in [0.15, 0.2) is 0 Å². The van der Waals surface area contributed by atoms with Gasteiger partial charge in [-0.15, -0.1) is 0 Å². The van der Waals surface area contributed by atoms with Gasteiger partial charge < -0.3 is 15.4 Å². The van der Waals surface area contributed by atoms with E-state index in [0.717, 1.165) is 11.3 Å². The highest BCUT2D eigenvalue weighted by molar-refractivity contribution is 6.30. The van der Waals surface area contributed by atoms with Crippen LogP contribution < -0.4 is 10.5 Å². The average Bonchev–Trinajstić information content (AvgIpc) is 2.56. The zero-order valence-corrected chi connectivity index (χ0v) is 11.3. The predicted molar refractivity (Wildman–Crippen MR) is 70.7 cm³/mol. The van der Waals surface area contributed by atoms with Gasteiger partial charge in [-0.1, -0.05) is 11.6 Å². The highest BCUT2D eigenvalue weighted by Gasteiger charge is 2.37. The fourth-order valence-corrected chi connectivity index (χ4v) is 2.56. The summed E-state index contributed by atoms with van der Waals surface area (Å²) in [5.74, 6) is 0.791. The van der Waals surface area contributed by atoms with Crippen LogP contribution in [-0.2, 0) is 4.79 Å². The van der Waals surface area contributed by atoms with Crippen molar-refractivity contribution in [2.24, 2.45) is 5.73 Å². The Balaban J connectivity index is 2.42. The Morgan fingerprint density at radius 1 is 1.56 bits per heavy atom. The molecule has 2 unspecified atom stereocenters. The Hall–Kier alpha value is -1.26. The van der Waals surface area contributed by atoms with E-state index in [1.165, 1.54) is 0 Å². The van der Waals surface area contributed by atoms with E-state index in [4.69, 9.17) is 22.1 Å². The summed E-state index contributed by atoms with van der Waals surface area (Å²) >= 11 is 6.03. The van der Waals surface area contributed by atoms with E-state index in [1.807, 2.05) is 19.1 Å². The lowest BCUT2D eigenvalue weighted by Gasteiger charge is -2.25. The second kappa shape index (κ2) is 5.16. The van der Waals surface area contributed by atoms with Gasteiger partial charge in [0.1, 0.15) is 5.75 Å². The Morgan fingerprint density at radius 3 is 2.83 bits per heavy atom. The summed E-state index contributed by atoms with van der Waals surface area (Å²) in [7, 11) is 1.76. The summed E-state index contributed by atoms with van der Waals surface area (Å²) in [6, 6.07) is 5.03. The molecule has 0 aromatic heterocycles. The first kappa shape index (κ1) is 13.2. The molecule has 1 amide bonds. The van der Waals surface area contributed by atoms with Gasteiger partial charge in [-0.05, 0) is 25.1 Å². The summed E-state index contributed by atoms with van der Waals surface area (Å²) in [5.41, 5.74) is 6.93. The quantitative estimate of drug-likeness (QED) is 0.912. The predicted octanol–water partition coefficient (Wildman–Crippen LogP) is 1.97. The minimum absolute atomic E-state index is 0.0509. The number of likely N-dealkylation sites (N-methyl/N-ethyl adjacent to an activating group) is 1. The van der Waals surface area contributed by atoms with Crippen molar-refractivity contribution in [3.8, 4) is 5.75 Å². The molecule has 0 radical (unpaired) electrons. The first-order chi connectivity index (χ1) is 8.54. The van der Waals surface area contributed by atoms with Crippen molar-refractivity contribution in [2.75, 3.05) is 13.7 Å². The van der Waals surface area contributed by atoms with Crippen LogP contribution >= 0.6 is 11.6 Å². The third kappa shape index (κ3) is 2.31. The number of amides is 1. The topological polar surface area (TPSA) is 55.6 Å².